The number of ether oxygens (including phenoxy) is 1. The molecule has 1 heterocycles. The van der Waals surface area contributed by atoms with Gasteiger partial charge in [0.25, 0.3) is 0 Å². The van der Waals surface area contributed by atoms with Gasteiger partial charge in [0.1, 0.15) is 23.2 Å². The maximum Gasteiger partial charge on any atom is 0.205 e. The molecule has 5 nitrogen and oxygen atoms in total. The maximum atomic E-state index is 12.1. The number of carbonyl (C=O) groups excluding carboxylic acids is 1. The van der Waals surface area contributed by atoms with E-state index in [1.165, 1.54) is 12.1 Å². The third kappa shape index (κ3) is 1.74. The Labute approximate surface area is 115 Å². The van der Waals surface area contributed by atoms with Crippen molar-refractivity contribution in [2.45, 2.75) is 18.8 Å². The van der Waals surface area contributed by atoms with Crippen LogP contribution in [0.3, 0.4) is 0 Å². The lowest BCUT2D eigenvalue weighted by Crippen LogP contribution is -2.21. The Bertz CT molecular complexity index is 693. The monoisotopic (exact) mass is 268 g/mol. The first-order chi connectivity index (χ1) is 9.61. The predicted molar refractivity (Wildman–Crippen MR) is 70.0 cm³/mol. The first-order valence-electron chi connectivity index (χ1n) is 6.24. The lowest BCUT2D eigenvalue weighted by atomic mass is 9.83. The molecule has 3 N–H and O–H groups in total. The molecule has 5 heteroatoms. The van der Waals surface area contributed by atoms with Crippen LogP contribution in [0.25, 0.3) is 0 Å². The van der Waals surface area contributed by atoms with E-state index in [0.29, 0.717) is 24.2 Å². The summed E-state index contributed by atoms with van der Waals surface area (Å²) in [5, 5.41) is 18.7. The van der Waals surface area contributed by atoms with Crippen molar-refractivity contribution in [1.29, 1.82) is 5.26 Å². The Balaban J connectivity index is 2.16. The molecule has 0 radical (unpaired) electrons. The minimum absolute atomic E-state index is 0.0154. The molecule has 0 saturated heterocycles. The van der Waals surface area contributed by atoms with Crippen molar-refractivity contribution in [3.8, 4) is 11.8 Å². The Morgan fingerprint density at radius 2 is 2.00 bits per heavy atom. The molecule has 20 heavy (non-hydrogen) atoms. The lowest BCUT2D eigenvalue weighted by molar-refractivity contribution is -0.115. The van der Waals surface area contributed by atoms with Crippen LogP contribution in [0.15, 0.2) is 47.1 Å². The average molecular weight is 268 g/mol. The molecule has 1 aromatic rings. The molecule has 0 aromatic heterocycles. The molecule has 0 bridgehead atoms. The van der Waals surface area contributed by atoms with Crippen molar-refractivity contribution in [3.05, 3.63) is 52.6 Å². The first-order valence-corrected chi connectivity index (χ1v) is 6.24. The van der Waals surface area contributed by atoms with Crippen LogP contribution in [0.4, 0.5) is 0 Å². The van der Waals surface area contributed by atoms with E-state index >= 15 is 0 Å². The topological polar surface area (TPSA) is 96.3 Å². The molecule has 2 aliphatic rings. The van der Waals surface area contributed by atoms with Crippen molar-refractivity contribution < 1.29 is 14.6 Å². The van der Waals surface area contributed by atoms with Crippen molar-refractivity contribution >= 4 is 5.78 Å². The fourth-order valence-corrected chi connectivity index (χ4v) is 2.67. The molecule has 3 rings (SSSR count). The second-order valence-corrected chi connectivity index (χ2v) is 4.78. The van der Waals surface area contributed by atoms with Crippen molar-refractivity contribution in [1.82, 2.24) is 0 Å². The van der Waals surface area contributed by atoms with Crippen molar-refractivity contribution in [2.75, 3.05) is 0 Å². The molecule has 1 aromatic carbocycles. The Hall–Kier alpha value is -2.74. The zero-order valence-corrected chi connectivity index (χ0v) is 10.6. The maximum absolute atomic E-state index is 12.1. The number of nitrogens with two attached hydrogens (primary N) is 1. The zero-order valence-electron chi connectivity index (χ0n) is 10.6. The minimum atomic E-state index is -0.501. The van der Waals surface area contributed by atoms with Crippen molar-refractivity contribution in [3.63, 3.8) is 0 Å². The number of hydrogen-bond acceptors (Lipinski definition) is 5. The van der Waals surface area contributed by atoms with Gasteiger partial charge in [-0.15, -0.1) is 0 Å². The normalized spacial score (nSPS) is 21.6. The molecule has 0 saturated carbocycles. The van der Waals surface area contributed by atoms with Gasteiger partial charge in [0, 0.05) is 18.4 Å². The zero-order chi connectivity index (χ0) is 14.3. The SMILES string of the molecule is N#CC1=C(N)OC2=C(C(=O)CC2)C1c1ccc(O)cc1. The third-order valence-corrected chi connectivity index (χ3v) is 3.60. The standard InChI is InChI=1S/C15H12N2O3/c16-7-10-13(8-1-3-9(18)4-2-8)14-11(19)5-6-12(14)20-15(10)17/h1-4,13,18H,5-6,17H2. The van der Waals surface area contributed by atoms with E-state index in [0.717, 1.165) is 5.56 Å². The summed E-state index contributed by atoms with van der Waals surface area (Å²) >= 11 is 0. The van der Waals surface area contributed by atoms with E-state index in [1.54, 1.807) is 12.1 Å². The largest absolute Gasteiger partial charge is 0.508 e. The highest BCUT2D eigenvalue weighted by molar-refractivity contribution is 6.01. The predicted octanol–water partition coefficient (Wildman–Crippen LogP) is 1.82. The summed E-state index contributed by atoms with van der Waals surface area (Å²) < 4.78 is 5.40. The van der Waals surface area contributed by atoms with Crippen LogP contribution in [0.5, 0.6) is 5.75 Å². The summed E-state index contributed by atoms with van der Waals surface area (Å²) in [4.78, 5) is 12.1. The van der Waals surface area contributed by atoms with Crippen molar-refractivity contribution in [2.24, 2.45) is 5.73 Å². The van der Waals surface area contributed by atoms with Crippen LogP contribution in [-0.2, 0) is 9.53 Å². The highest BCUT2D eigenvalue weighted by atomic mass is 16.5. The minimum Gasteiger partial charge on any atom is -0.508 e. The van der Waals surface area contributed by atoms with Crippen LogP contribution in [-0.4, -0.2) is 10.9 Å². The molecule has 1 aliphatic carbocycles. The lowest BCUT2D eigenvalue weighted by Gasteiger charge is -2.25. The second-order valence-electron chi connectivity index (χ2n) is 4.78. The number of rotatable bonds is 1. The Morgan fingerprint density at radius 3 is 2.65 bits per heavy atom. The number of nitriles is 1. The van der Waals surface area contributed by atoms with E-state index < -0.39 is 5.92 Å². The van der Waals surface area contributed by atoms with Crippen LogP contribution in [0, 0.1) is 11.3 Å². The second kappa shape index (κ2) is 4.42. The molecule has 1 aliphatic heterocycles. The van der Waals surface area contributed by atoms with Crippen LogP contribution in [0.2, 0.25) is 0 Å². The summed E-state index contributed by atoms with van der Waals surface area (Å²) in [5.74, 6) is 0.226. The van der Waals surface area contributed by atoms with Crippen LogP contribution in [0.1, 0.15) is 24.3 Å². The number of aromatic hydroxyl groups is 1. The molecular weight excluding hydrogens is 256 g/mol. The van der Waals surface area contributed by atoms with Gasteiger partial charge in [-0.25, -0.2) is 0 Å². The van der Waals surface area contributed by atoms with Gasteiger partial charge in [-0.3, -0.25) is 4.79 Å². The van der Waals surface area contributed by atoms with Gasteiger partial charge in [0.2, 0.25) is 5.88 Å². The third-order valence-electron chi connectivity index (χ3n) is 3.60. The molecule has 100 valence electrons. The molecule has 1 unspecified atom stereocenters. The van der Waals surface area contributed by atoms with Gasteiger partial charge in [0.15, 0.2) is 5.78 Å². The molecule has 0 amide bonds. The molecule has 1 atom stereocenters. The molecule has 0 spiro atoms. The highest BCUT2D eigenvalue weighted by Gasteiger charge is 2.39. The molecule has 0 fully saturated rings. The van der Waals surface area contributed by atoms with E-state index in [1.807, 2.05) is 6.07 Å². The van der Waals surface area contributed by atoms with E-state index in [9.17, 15) is 15.2 Å². The smallest absolute Gasteiger partial charge is 0.205 e. The van der Waals surface area contributed by atoms with Gasteiger partial charge in [-0.05, 0) is 17.7 Å². The number of phenolic OH excluding ortho intramolecular Hbond substituents is 1. The summed E-state index contributed by atoms with van der Waals surface area (Å²) in [6.45, 7) is 0. The van der Waals surface area contributed by atoms with Gasteiger partial charge in [0.05, 0.1) is 5.92 Å². The number of Topliss-reactive ketones (excluding diaryl/α,β-unsaturated/α-hetero) is 1. The highest BCUT2D eigenvalue weighted by Crippen LogP contribution is 2.44. The van der Waals surface area contributed by atoms with Gasteiger partial charge in [-0.2, -0.15) is 5.26 Å². The number of carbonyl (C=O) groups is 1. The first kappa shape index (κ1) is 12.3. The Morgan fingerprint density at radius 1 is 1.30 bits per heavy atom. The number of nitrogens with zero attached hydrogens (tertiary/aromatic N) is 1. The number of hydrogen-bond donors (Lipinski definition) is 2. The van der Waals surface area contributed by atoms with Gasteiger partial charge in [-0.1, -0.05) is 12.1 Å². The fraction of sp³-hybridized carbons (Fsp3) is 0.200. The quantitative estimate of drug-likeness (QED) is 0.809. The van der Waals surface area contributed by atoms with Gasteiger partial charge >= 0.3 is 0 Å². The Kier molecular flexibility index (Phi) is 2.72. The van der Waals surface area contributed by atoms with E-state index in [-0.39, 0.29) is 23.0 Å². The summed E-state index contributed by atoms with van der Waals surface area (Å²) in [6.07, 6.45) is 0.896. The van der Waals surface area contributed by atoms with E-state index in [4.69, 9.17) is 10.5 Å². The summed E-state index contributed by atoms with van der Waals surface area (Å²) in [6, 6.07) is 8.45. The number of benzene rings is 1. The fourth-order valence-electron chi connectivity index (χ4n) is 2.67. The van der Waals surface area contributed by atoms with Crippen LogP contribution < -0.4 is 5.73 Å². The summed E-state index contributed by atoms with van der Waals surface area (Å²) in [7, 11) is 0. The summed E-state index contributed by atoms with van der Waals surface area (Å²) in [5.41, 5.74) is 7.29. The number of phenols is 1. The molecular formula is C15H12N2O3. The number of allylic oxidation sites excluding steroid dienone is 3. The average Bonchev–Trinajstić information content (AvgIpc) is 2.79. The van der Waals surface area contributed by atoms with E-state index in [2.05, 4.69) is 0 Å². The van der Waals surface area contributed by atoms with Crippen LogP contribution >= 0.6 is 0 Å². The van der Waals surface area contributed by atoms with Gasteiger partial charge < -0.3 is 15.6 Å². The number of ketones is 1.